The number of carbonyl (C=O) groups excluding carboxylic acids is 2. The maximum atomic E-state index is 12.3. The number of carbonyl (C=O) groups is 3. The van der Waals surface area contributed by atoms with E-state index in [1.165, 1.54) is 7.11 Å². The first-order valence-electron chi connectivity index (χ1n) is 6.59. The van der Waals surface area contributed by atoms with Gasteiger partial charge in [-0.1, -0.05) is 13.3 Å². The fraction of sp³-hybridized carbons (Fsp3) is 0.769. The summed E-state index contributed by atoms with van der Waals surface area (Å²) >= 11 is 0. The van der Waals surface area contributed by atoms with Crippen molar-refractivity contribution in [3.8, 4) is 0 Å². The van der Waals surface area contributed by atoms with Gasteiger partial charge in [-0.15, -0.1) is 0 Å². The second-order valence-corrected chi connectivity index (χ2v) is 5.31. The van der Waals surface area contributed by atoms with Gasteiger partial charge < -0.3 is 9.84 Å². The lowest BCUT2D eigenvalue weighted by Crippen LogP contribution is -2.48. The van der Waals surface area contributed by atoms with Crippen molar-refractivity contribution in [2.75, 3.05) is 13.7 Å². The number of likely N-dealkylation sites (tertiary alicyclic amines) is 1. The normalized spacial score (nSPS) is 31.7. The average Bonchev–Trinajstić information content (AvgIpc) is 2.89. The minimum Gasteiger partial charge on any atom is -0.480 e. The van der Waals surface area contributed by atoms with Crippen LogP contribution in [0.15, 0.2) is 0 Å². The highest BCUT2D eigenvalue weighted by Gasteiger charge is 2.55. The van der Waals surface area contributed by atoms with Crippen LogP contribution in [-0.4, -0.2) is 47.5 Å². The summed E-state index contributed by atoms with van der Waals surface area (Å²) in [5, 5.41) is 9.14. The molecule has 0 aromatic carbocycles. The molecule has 0 aromatic rings. The van der Waals surface area contributed by atoms with E-state index in [1.54, 1.807) is 0 Å². The molecule has 2 amide bonds. The number of carboxylic acids is 1. The molecule has 1 saturated heterocycles. The third kappa shape index (κ3) is 2.25. The highest BCUT2D eigenvalue weighted by atomic mass is 16.5. The van der Waals surface area contributed by atoms with Crippen LogP contribution >= 0.6 is 0 Å². The summed E-state index contributed by atoms with van der Waals surface area (Å²) in [6.45, 7) is 1.88. The molecule has 3 atom stereocenters. The second-order valence-electron chi connectivity index (χ2n) is 5.31. The maximum Gasteiger partial charge on any atom is 0.329 e. The van der Waals surface area contributed by atoms with Gasteiger partial charge in [0.25, 0.3) is 0 Å². The summed E-state index contributed by atoms with van der Waals surface area (Å²) in [5.41, 5.74) is 0. The number of methoxy groups -OCH3 is 1. The van der Waals surface area contributed by atoms with Gasteiger partial charge in [0.15, 0.2) is 6.04 Å². The van der Waals surface area contributed by atoms with Crippen molar-refractivity contribution in [3.05, 3.63) is 0 Å². The van der Waals surface area contributed by atoms with Crippen molar-refractivity contribution >= 4 is 17.8 Å². The van der Waals surface area contributed by atoms with Crippen LogP contribution in [-0.2, 0) is 19.1 Å². The minimum atomic E-state index is -1.20. The molecule has 1 heterocycles. The third-order valence-electron chi connectivity index (χ3n) is 4.27. The summed E-state index contributed by atoms with van der Waals surface area (Å²) < 4.78 is 4.81. The zero-order chi connectivity index (χ0) is 14.2. The molecule has 2 rings (SSSR count). The summed E-state index contributed by atoms with van der Waals surface area (Å²) in [4.78, 5) is 36.6. The van der Waals surface area contributed by atoms with Gasteiger partial charge in [-0.05, 0) is 18.8 Å². The topological polar surface area (TPSA) is 83.9 Å². The van der Waals surface area contributed by atoms with E-state index in [4.69, 9.17) is 9.84 Å². The molecule has 1 aliphatic heterocycles. The first-order chi connectivity index (χ1) is 9.01. The van der Waals surface area contributed by atoms with E-state index < -0.39 is 12.0 Å². The lowest BCUT2D eigenvalue weighted by Gasteiger charge is -2.23. The molecule has 106 valence electrons. The minimum absolute atomic E-state index is 0.163. The van der Waals surface area contributed by atoms with Crippen LogP contribution in [0.1, 0.15) is 26.2 Å². The highest BCUT2D eigenvalue weighted by molar-refractivity contribution is 6.08. The SMILES string of the molecule is CCC1CC2C(=O)N(C(COC)C(=O)O)C(=O)C2C1. The van der Waals surface area contributed by atoms with Gasteiger partial charge in [0.2, 0.25) is 11.8 Å². The van der Waals surface area contributed by atoms with Gasteiger partial charge >= 0.3 is 5.97 Å². The molecule has 0 aromatic heterocycles. The van der Waals surface area contributed by atoms with E-state index in [2.05, 4.69) is 0 Å². The maximum absolute atomic E-state index is 12.3. The molecule has 2 fully saturated rings. The number of fused-ring (bicyclic) bond motifs is 1. The first kappa shape index (κ1) is 14.0. The number of nitrogens with zero attached hydrogens (tertiary/aromatic N) is 1. The van der Waals surface area contributed by atoms with Crippen molar-refractivity contribution < 1.29 is 24.2 Å². The summed E-state index contributed by atoms with van der Waals surface area (Å²) in [6, 6.07) is -1.20. The van der Waals surface area contributed by atoms with E-state index in [0.717, 1.165) is 11.3 Å². The van der Waals surface area contributed by atoms with Crippen molar-refractivity contribution in [3.63, 3.8) is 0 Å². The van der Waals surface area contributed by atoms with E-state index in [1.807, 2.05) is 6.92 Å². The highest BCUT2D eigenvalue weighted by Crippen LogP contribution is 2.44. The number of rotatable bonds is 5. The number of aliphatic carboxylic acids is 1. The molecule has 1 aliphatic carbocycles. The van der Waals surface area contributed by atoms with Crippen LogP contribution in [0.2, 0.25) is 0 Å². The molecule has 0 spiro atoms. The molecule has 1 N–H and O–H groups in total. The Morgan fingerprint density at radius 3 is 2.26 bits per heavy atom. The largest absolute Gasteiger partial charge is 0.480 e. The molecular weight excluding hydrogens is 250 g/mol. The van der Waals surface area contributed by atoms with Gasteiger partial charge in [0, 0.05) is 7.11 Å². The van der Waals surface area contributed by atoms with Gasteiger partial charge in [-0.3, -0.25) is 14.5 Å². The monoisotopic (exact) mass is 269 g/mol. The van der Waals surface area contributed by atoms with Gasteiger partial charge in [-0.2, -0.15) is 0 Å². The molecule has 0 radical (unpaired) electrons. The Labute approximate surface area is 111 Å². The molecule has 0 bridgehead atoms. The molecule has 6 heteroatoms. The predicted molar refractivity (Wildman–Crippen MR) is 65.1 cm³/mol. The number of ether oxygens (including phenoxy) is 1. The molecule has 2 aliphatic rings. The smallest absolute Gasteiger partial charge is 0.329 e. The van der Waals surface area contributed by atoms with E-state index >= 15 is 0 Å². The Morgan fingerprint density at radius 1 is 1.37 bits per heavy atom. The zero-order valence-corrected chi connectivity index (χ0v) is 11.2. The van der Waals surface area contributed by atoms with Crippen molar-refractivity contribution in [2.24, 2.45) is 17.8 Å². The molecule has 1 saturated carbocycles. The van der Waals surface area contributed by atoms with Crippen LogP contribution < -0.4 is 0 Å². The quantitative estimate of drug-likeness (QED) is 0.735. The van der Waals surface area contributed by atoms with Crippen LogP contribution in [0.25, 0.3) is 0 Å². The number of hydrogen-bond donors (Lipinski definition) is 1. The molecule has 3 unspecified atom stereocenters. The van der Waals surface area contributed by atoms with Gasteiger partial charge in [-0.25, -0.2) is 4.79 Å². The first-order valence-corrected chi connectivity index (χ1v) is 6.59. The number of imide groups is 1. The lowest BCUT2D eigenvalue weighted by molar-refractivity contribution is -0.157. The van der Waals surface area contributed by atoms with E-state index in [9.17, 15) is 14.4 Å². The van der Waals surface area contributed by atoms with Crippen LogP contribution in [0.5, 0.6) is 0 Å². The van der Waals surface area contributed by atoms with Crippen LogP contribution in [0.4, 0.5) is 0 Å². The zero-order valence-electron chi connectivity index (χ0n) is 11.2. The van der Waals surface area contributed by atoms with Gasteiger partial charge in [0.05, 0.1) is 18.4 Å². The summed E-state index contributed by atoms with van der Waals surface area (Å²) in [7, 11) is 1.36. The van der Waals surface area contributed by atoms with E-state index in [-0.39, 0.29) is 30.3 Å². The number of amides is 2. The average molecular weight is 269 g/mol. The number of carboxylic acid groups (broad SMARTS) is 1. The summed E-state index contributed by atoms with van der Waals surface area (Å²) in [5.74, 6) is -2.12. The molecular formula is C13H19NO5. The Bertz CT molecular complexity index is 384. The Balaban J connectivity index is 2.19. The fourth-order valence-corrected chi connectivity index (χ4v) is 3.21. The summed E-state index contributed by atoms with van der Waals surface area (Å²) in [6.07, 6.45) is 2.34. The predicted octanol–water partition coefficient (Wildman–Crippen LogP) is 0.507. The van der Waals surface area contributed by atoms with Crippen LogP contribution in [0, 0.1) is 17.8 Å². The van der Waals surface area contributed by atoms with E-state index in [0.29, 0.717) is 18.8 Å². The van der Waals surface area contributed by atoms with Crippen molar-refractivity contribution in [1.29, 1.82) is 0 Å². The van der Waals surface area contributed by atoms with Crippen LogP contribution in [0.3, 0.4) is 0 Å². The molecule has 19 heavy (non-hydrogen) atoms. The Kier molecular flexibility index (Phi) is 3.89. The van der Waals surface area contributed by atoms with Crippen molar-refractivity contribution in [1.82, 2.24) is 4.90 Å². The van der Waals surface area contributed by atoms with Crippen molar-refractivity contribution in [2.45, 2.75) is 32.2 Å². The third-order valence-corrected chi connectivity index (χ3v) is 4.27. The number of hydrogen-bond acceptors (Lipinski definition) is 4. The Morgan fingerprint density at radius 2 is 1.89 bits per heavy atom. The second kappa shape index (κ2) is 5.28. The molecule has 6 nitrogen and oxygen atoms in total. The lowest BCUT2D eigenvalue weighted by atomic mass is 10.00. The fourth-order valence-electron chi connectivity index (χ4n) is 3.21. The standard InChI is InChI=1S/C13H19NO5/c1-3-7-4-8-9(5-7)12(16)14(11(8)15)10(6-19-2)13(17)18/h7-10H,3-6H2,1-2H3,(H,17,18). The Hall–Kier alpha value is -1.43. The van der Waals surface area contributed by atoms with Gasteiger partial charge in [0.1, 0.15) is 0 Å².